The highest BCUT2D eigenvalue weighted by Gasteiger charge is 2.32. The van der Waals surface area contributed by atoms with Crippen molar-refractivity contribution in [2.24, 2.45) is 0 Å². The molecule has 0 unspecified atom stereocenters. The summed E-state index contributed by atoms with van der Waals surface area (Å²) in [5.74, 6) is -0.142. The summed E-state index contributed by atoms with van der Waals surface area (Å²) in [6, 6.07) is 8.60. The lowest BCUT2D eigenvalue weighted by Crippen LogP contribution is -2.48. The summed E-state index contributed by atoms with van der Waals surface area (Å²) in [5.41, 5.74) is 2.29. The van der Waals surface area contributed by atoms with Crippen LogP contribution in [-0.2, 0) is 4.79 Å². The van der Waals surface area contributed by atoms with Crippen LogP contribution in [-0.4, -0.2) is 66.3 Å². The number of aryl methyl sites for hydroxylation is 1. The van der Waals surface area contributed by atoms with Gasteiger partial charge in [0.25, 0.3) is 11.8 Å². The highest BCUT2D eigenvalue weighted by atomic mass is 16.3. The van der Waals surface area contributed by atoms with E-state index in [-0.39, 0.29) is 17.9 Å². The molecule has 0 aliphatic carbocycles. The smallest absolute Gasteiger partial charge is 0.253 e. The maximum Gasteiger partial charge on any atom is 0.253 e. The van der Waals surface area contributed by atoms with E-state index in [1.165, 1.54) is 13.8 Å². The van der Waals surface area contributed by atoms with Crippen LogP contribution in [0.1, 0.15) is 55.6 Å². The fourth-order valence-corrected chi connectivity index (χ4v) is 4.34. The summed E-state index contributed by atoms with van der Waals surface area (Å²) < 4.78 is 1.89. The van der Waals surface area contributed by atoms with Crippen LogP contribution in [0.25, 0.3) is 11.3 Å². The molecular formula is C27H32N8O3. The minimum Gasteiger partial charge on any atom is -0.381 e. The van der Waals surface area contributed by atoms with E-state index in [2.05, 4.69) is 25.7 Å². The maximum atomic E-state index is 12.3. The third-order valence-electron chi connectivity index (χ3n) is 6.44. The van der Waals surface area contributed by atoms with Gasteiger partial charge < -0.3 is 20.6 Å². The Hall–Kier alpha value is -4.30. The highest BCUT2D eigenvalue weighted by molar-refractivity contribution is 5.95. The first-order valence-electron chi connectivity index (χ1n) is 12.5. The number of anilines is 2. The lowest BCUT2D eigenvalue weighted by Gasteiger charge is -2.35. The van der Waals surface area contributed by atoms with Gasteiger partial charge in [-0.1, -0.05) is 12.1 Å². The number of carbonyl (C=O) groups is 2. The minimum atomic E-state index is -1.37. The molecule has 1 aliphatic heterocycles. The van der Waals surface area contributed by atoms with Gasteiger partial charge in [-0.05, 0) is 58.2 Å². The van der Waals surface area contributed by atoms with Crippen LogP contribution in [0.15, 0.2) is 42.9 Å². The minimum absolute atomic E-state index is 0.151. The number of likely N-dealkylation sites (tertiary alicyclic amines) is 1. The number of carbonyl (C=O) groups excluding carboxylic acids is 2. The number of nitrogens with zero attached hydrogens (tertiary/aromatic N) is 6. The van der Waals surface area contributed by atoms with E-state index >= 15 is 0 Å². The Kier molecular flexibility index (Phi) is 7.73. The Balaban J connectivity index is 1.41. The van der Waals surface area contributed by atoms with Crippen molar-refractivity contribution in [1.82, 2.24) is 30.0 Å². The molecule has 3 heterocycles. The molecule has 1 atom stereocenters. The van der Waals surface area contributed by atoms with Crippen LogP contribution in [0.5, 0.6) is 0 Å². The van der Waals surface area contributed by atoms with Gasteiger partial charge in [-0.3, -0.25) is 14.3 Å². The van der Waals surface area contributed by atoms with Crippen molar-refractivity contribution in [1.29, 1.82) is 5.26 Å². The Morgan fingerprint density at radius 2 is 1.87 bits per heavy atom. The summed E-state index contributed by atoms with van der Waals surface area (Å²) >= 11 is 0. The van der Waals surface area contributed by atoms with Gasteiger partial charge in [-0.2, -0.15) is 10.4 Å². The van der Waals surface area contributed by atoms with Crippen molar-refractivity contribution in [2.75, 3.05) is 18.4 Å². The van der Waals surface area contributed by atoms with Gasteiger partial charge in [-0.25, -0.2) is 9.97 Å². The second-order valence-electron chi connectivity index (χ2n) is 10.0. The summed E-state index contributed by atoms with van der Waals surface area (Å²) in [6.07, 6.45) is 6.85. The molecule has 0 bridgehead atoms. The van der Waals surface area contributed by atoms with Crippen LogP contribution >= 0.6 is 0 Å². The SMILES string of the molecule is Cc1cnc(Nc2cnn(C3CCN(C(=O)C(C)(C)O)CC3)c2)nc1-c1ccc(C(=O)N[C@@H](C)C#N)cc1. The van der Waals surface area contributed by atoms with Crippen molar-refractivity contribution in [3.05, 3.63) is 54.0 Å². The largest absolute Gasteiger partial charge is 0.381 e. The summed E-state index contributed by atoms with van der Waals surface area (Å²) in [7, 11) is 0. The molecule has 4 rings (SSSR count). The van der Waals surface area contributed by atoms with Crippen molar-refractivity contribution < 1.29 is 14.7 Å². The first kappa shape index (κ1) is 26.8. The quantitative estimate of drug-likeness (QED) is 0.434. The molecule has 1 aromatic carbocycles. The molecule has 38 heavy (non-hydrogen) atoms. The topological polar surface area (TPSA) is 149 Å². The number of rotatable bonds is 7. The van der Waals surface area contributed by atoms with Gasteiger partial charge >= 0.3 is 0 Å². The third kappa shape index (κ3) is 6.15. The summed E-state index contributed by atoms with van der Waals surface area (Å²) in [5, 5.41) is 29.2. The first-order valence-corrected chi connectivity index (χ1v) is 12.5. The lowest BCUT2D eigenvalue weighted by atomic mass is 10.0. The number of nitriles is 1. The molecule has 1 saturated heterocycles. The molecule has 2 aromatic heterocycles. The molecule has 3 N–H and O–H groups in total. The highest BCUT2D eigenvalue weighted by Crippen LogP contribution is 2.27. The predicted molar refractivity (Wildman–Crippen MR) is 141 cm³/mol. The van der Waals surface area contributed by atoms with Crippen molar-refractivity contribution in [3.63, 3.8) is 0 Å². The number of nitrogens with one attached hydrogen (secondary N) is 2. The van der Waals surface area contributed by atoms with Crippen LogP contribution in [0.3, 0.4) is 0 Å². The van der Waals surface area contributed by atoms with Gasteiger partial charge in [0, 0.05) is 36.6 Å². The van der Waals surface area contributed by atoms with Crippen LogP contribution in [0.4, 0.5) is 11.6 Å². The monoisotopic (exact) mass is 516 g/mol. The standard InChI is InChI=1S/C27H32N8O3/c1-17-14-29-26(33-23(17)19-5-7-20(8-6-19)24(36)31-18(2)13-28)32-21-15-30-35(16-21)22-9-11-34(12-10-22)25(37)27(3,4)38/h5-8,14-16,18,22,38H,9-12H2,1-4H3,(H,31,36)(H,29,32,33)/t18-/m0/s1. The van der Waals surface area contributed by atoms with Gasteiger partial charge in [0.05, 0.1) is 29.7 Å². The van der Waals surface area contributed by atoms with Gasteiger partial charge in [0.15, 0.2) is 0 Å². The normalized spacial score (nSPS) is 15.0. The van der Waals surface area contributed by atoms with Crippen LogP contribution < -0.4 is 10.6 Å². The zero-order chi connectivity index (χ0) is 27.4. The Labute approximate surface area is 221 Å². The van der Waals surface area contributed by atoms with Crippen LogP contribution in [0, 0.1) is 18.3 Å². The molecule has 0 saturated carbocycles. The number of hydrogen-bond donors (Lipinski definition) is 3. The zero-order valence-electron chi connectivity index (χ0n) is 22.0. The third-order valence-corrected chi connectivity index (χ3v) is 6.44. The maximum absolute atomic E-state index is 12.3. The molecule has 11 heteroatoms. The fourth-order valence-electron chi connectivity index (χ4n) is 4.34. The Morgan fingerprint density at radius 3 is 2.50 bits per heavy atom. The first-order chi connectivity index (χ1) is 18.0. The molecule has 1 aliphatic rings. The lowest BCUT2D eigenvalue weighted by molar-refractivity contribution is -0.149. The van der Waals surface area contributed by atoms with E-state index in [4.69, 9.17) is 5.26 Å². The van der Waals surface area contributed by atoms with Gasteiger partial charge in [-0.15, -0.1) is 0 Å². The Morgan fingerprint density at radius 1 is 1.18 bits per heavy atom. The number of piperidine rings is 1. The number of aromatic nitrogens is 4. The number of amides is 2. The number of benzene rings is 1. The van der Waals surface area contributed by atoms with Gasteiger partial charge in [0.2, 0.25) is 5.95 Å². The second-order valence-corrected chi connectivity index (χ2v) is 10.0. The van der Waals surface area contributed by atoms with E-state index in [0.717, 1.165) is 35.3 Å². The van der Waals surface area contributed by atoms with E-state index in [9.17, 15) is 14.7 Å². The van der Waals surface area contributed by atoms with E-state index in [1.54, 1.807) is 36.4 Å². The average molecular weight is 517 g/mol. The zero-order valence-corrected chi connectivity index (χ0v) is 22.0. The van der Waals surface area contributed by atoms with Crippen molar-refractivity contribution in [3.8, 4) is 17.3 Å². The summed E-state index contributed by atoms with van der Waals surface area (Å²) in [4.78, 5) is 35.4. The second kappa shape index (κ2) is 11.0. The van der Waals surface area contributed by atoms with Crippen molar-refractivity contribution >= 4 is 23.5 Å². The predicted octanol–water partition coefficient (Wildman–Crippen LogP) is 2.97. The molecule has 2 amide bonds. The van der Waals surface area contributed by atoms with Crippen LogP contribution in [0.2, 0.25) is 0 Å². The average Bonchev–Trinajstić information content (AvgIpc) is 3.37. The molecule has 11 nitrogen and oxygen atoms in total. The molecule has 198 valence electrons. The fraction of sp³-hybridized carbons (Fsp3) is 0.407. The Bertz CT molecular complexity index is 1350. The molecular weight excluding hydrogens is 484 g/mol. The van der Waals surface area contributed by atoms with Gasteiger partial charge in [0.1, 0.15) is 11.6 Å². The van der Waals surface area contributed by atoms with E-state index in [1.807, 2.05) is 36.0 Å². The molecule has 3 aromatic rings. The molecule has 0 spiro atoms. The van der Waals surface area contributed by atoms with E-state index in [0.29, 0.717) is 24.6 Å². The molecule has 1 fully saturated rings. The van der Waals surface area contributed by atoms with Crippen molar-refractivity contribution in [2.45, 2.75) is 58.2 Å². The molecule has 0 radical (unpaired) electrons. The van der Waals surface area contributed by atoms with E-state index < -0.39 is 11.6 Å². The number of hydrogen-bond acceptors (Lipinski definition) is 8. The summed E-state index contributed by atoms with van der Waals surface area (Å²) in [6.45, 7) is 7.70. The number of aliphatic hydroxyl groups is 1.